The quantitative estimate of drug-likeness (QED) is 0.282. The Kier molecular flexibility index (Phi) is 7.98. The van der Waals surface area contributed by atoms with Gasteiger partial charge < -0.3 is 19.7 Å². The molecule has 4 aromatic carbocycles. The summed E-state index contributed by atoms with van der Waals surface area (Å²) in [4.78, 5) is 9.82. The van der Waals surface area contributed by atoms with Crippen LogP contribution in [-0.2, 0) is 0 Å². The number of phenolic OH excluding ortho intramolecular Hbond substituents is 2. The summed E-state index contributed by atoms with van der Waals surface area (Å²) in [5, 5.41) is 20.6. The van der Waals surface area contributed by atoms with Crippen molar-refractivity contribution < 1.29 is 19.7 Å². The van der Waals surface area contributed by atoms with Gasteiger partial charge in [0.2, 0.25) is 0 Å². The molecule has 0 aliphatic heterocycles. The zero-order valence-corrected chi connectivity index (χ0v) is 20.2. The van der Waals surface area contributed by atoms with Crippen molar-refractivity contribution in [1.82, 2.24) is 0 Å². The molecule has 0 amide bonds. The van der Waals surface area contributed by atoms with Crippen molar-refractivity contribution in [2.45, 2.75) is 12.1 Å². The third kappa shape index (κ3) is 5.91. The fraction of sp³-hybridized carbons (Fsp3) is 0.133. The molecule has 0 aromatic heterocycles. The van der Waals surface area contributed by atoms with Crippen molar-refractivity contribution in [3.8, 4) is 23.0 Å². The van der Waals surface area contributed by atoms with E-state index < -0.39 is 12.1 Å². The number of benzene rings is 4. The highest BCUT2D eigenvalue weighted by atomic mass is 16.5. The molecule has 0 aliphatic rings. The average molecular weight is 481 g/mol. The molecule has 4 rings (SSSR count). The second-order valence-corrected chi connectivity index (χ2v) is 8.12. The van der Waals surface area contributed by atoms with E-state index in [1.165, 1.54) is 0 Å². The maximum atomic E-state index is 10.3. The van der Waals surface area contributed by atoms with Gasteiger partial charge in [-0.25, -0.2) is 0 Å². The van der Waals surface area contributed by atoms with Gasteiger partial charge in [-0.3, -0.25) is 9.98 Å². The molecule has 6 heteroatoms. The minimum absolute atomic E-state index is 0.140. The normalized spacial score (nSPS) is 13.1. The minimum Gasteiger partial charge on any atom is -0.507 e. The number of rotatable bonds is 9. The van der Waals surface area contributed by atoms with Crippen LogP contribution in [0, 0.1) is 0 Å². The molecule has 0 saturated heterocycles. The lowest BCUT2D eigenvalue weighted by molar-refractivity contribution is 0.412. The number of hydrogen-bond donors (Lipinski definition) is 2. The SMILES string of the molecule is COc1cccc(C(N=Cc2ccccc2O)C(N=Cc2ccccc2O)c2cccc(OC)c2)c1. The zero-order valence-electron chi connectivity index (χ0n) is 20.2. The fourth-order valence-corrected chi connectivity index (χ4v) is 3.87. The van der Waals surface area contributed by atoms with Crippen LogP contribution in [0.25, 0.3) is 0 Å². The largest absolute Gasteiger partial charge is 0.507 e. The highest BCUT2D eigenvalue weighted by Crippen LogP contribution is 2.38. The summed E-state index contributed by atoms with van der Waals surface area (Å²) < 4.78 is 10.9. The molecular weight excluding hydrogens is 452 g/mol. The molecule has 0 saturated carbocycles. The van der Waals surface area contributed by atoms with E-state index in [1.807, 2.05) is 60.7 Å². The van der Waals surface area contributed by atoms with E-state index in [9.17, 15) is 10.2 Å². The summed E-state index contributed by atoms with van der Waals surface area (Å²) >= 11 is 0. The van der Waals surface area contributed by atoms with Crippen LogP contribution in [0.2, 0.25) is 0 Å². The standard InChI is InChI=1S/C30H28N2O4/c1-35-25-13-7-11-21(17-25)29(31-19-23-9-3-5-15-27(23)33)30(22-12-8-14-26(18-22)36-2)32-20-24-10-4-6-16-28(24)34/h3-20,29-30,33-34H,1-2H3. The Bertz CT molecular complexity index is 1260. The van der Waals surface area contributed by atoms with E-state index in [4.69, 9.17) is 19.5 Å². The van der Waals surface area contributed by atoms with Crippen LogP contribution in [0.3, 0.4) is 0 Å². The Labute approximate surface area is 210 Å². The Morgan fingerprint density at radius 3 is 1.39 bits per heavy atom. The van der Waals surface area contributed by atoms with Crippen molar-refractivity contribution in [3.63, 3.8) is 0 Å². The van der Waals surface area contributed by atoms with Crippen LogP contribution in [0.15, 0.2) is 107 Å². The Morgan fingerprint density at radius 1 is 0.583 bits per heavy atom. The van der Waals surface area contributed by atoms with Gasteiger partial charge in [-0.2, -0.15) is 0 Å². The summed E-state index contributed by atoms with van der Waals surface area (Å²) in [6, 6.07) is 28.5. The average Bonchev–Trinajstić information content (AvgIpc) is 2.92. The number of nitrogens with zero attached hydrogens (tertiary/aromatic N) is 2. The van der Waals surface area contributed by atoms with Gasteiger partial charge in [0.15, 0.2) is 0 Å². The van der Waals surface area contributed by atoms with E-state index in [2.05, 4.69) is 0 Å². The van der Waals surface area contributed by atoms with Crippen LogP contribution >= 0.6 is 0 Å². The van der Waals surface area contributed by atoms with Crippen LogP contribution in [0.1, 0.15) is 34.3 Å². The van der Waals surface area contributed by atoms with Gasteiger partial charge >= 0.3 is 0 Å². The molecule has 0 aliphatic carbocycles. The van der Waals surface area contributed by atoms with E-state index in [1.54, 1.807) is 63.0 Å². The molecule has 0 heterocycles. The third-order valence-corrected chi connectivity index (χ3v) is 5.79. The van der Waals surface area contributed by atoms with E-state index >= 15 is 0 Å². The summed E-state index contributed by atoms with van der Waals surface area (Å²) in [7, 11) is 3.24. The fourth-order valence-electron chi connectivity index (χ4n) is 3.87. The molecule has 0 radical (unpaired) electrons. The second-order valence-electron chi connectivity index (χ2n) is 8.12. The lowest BCUT2D eigenvalue weighted by Gasteiger charge is -2.23. The van der Waals surface area contributed by atoms with Gasteiger partial charge in [0, 0.05) is 23.6 Å². The molecule has 2 N–H and O–H groups in total. The molecule has 36 heavy (non-hydrogen) atoms. The second kappa shape index (κ2) is 11.7. The van der Waals surface area contributed by atoms with E-state index in [0.717, 1.165) is 11.1 Å². The van der Waals surface area contributed by atoms with Crippen LogP contribution < -0.4 is 9.47 Å². The van der Waals surface area contributed by atoms with Gasteiger partial charge in [0.25, 0.3) is 0 Å². The number of aliphatic imine (C=N–C) groups is 2. The van der Waals surface area contributed by atoms with Crippen LogP contribution in [0.5, 0.6) is 23.0 Å². The summed E-state index contributed by atoms with van der Waals surface area (Å²) in [5.41, 5.74) is 2.95. The van der Waals surface area contributed by atoms with Crippen molar-refractivity contribution in [2.24, 2.45) is 9.98 Å². The lowest BCUT2D eigenvalue weighted by Crippen LogP contribution is -2.10. The van der Waals surface area contributed by atoms with Gasteiger partial charge in [0.05, 0.1) is 14.2 Å². The molecular formula is C30H28N2O4. The number of para-hydroxylation sites is 2. The maximum absolute atomic E-state index is 10.3. The van der Waals surface area contributed by atoms with Crippen molar-refractivity contribution >= 4 is 12.4 Å². The van der Waals surface area contributed by atoms with Crippen molar-refractivity contribution in [2.75, 3.05) is 14.2 Å². The molecule has 0 spiro atoms. The van der Waals surface area contributed by atoms with E-state index in [-0.39, 0.29) is 11.5 Å². The van der Waals surface area contributed by atoms with Gasteiger partial charge in [0.1, 0.15) is 35.1 Å². The Morgan fingerprint density at radius 2 is 1.00 bits per heavy atom. The zero-order chi connectivity index (χ0) is 25.3. The molecule has 4 aromatic rings. The Hall–Kier alpha value is -4.58. The highest BCUT2D eigenvalue weighted by Gasteiger charge is 2.25. The number of phenols is 2. The highest BCUT2D eigenvalue weighted by molar-refractivity contribution is 5.84. The van der Waals surface area contributed by atoms with Crippen molar-refractivity contribution in [3.05, 3.63) is 119 Å². The first-order valence-electron chi connectivity index (χ1n) is 11.5. The van der Waals surface area contributed by atoms with Crippen LogP contribution in [0.4, 0.5) is 0 Å². The summed E-state index contributed by atoms with van der Waals surface area (Å²) in [6.07, 6.45) is 3.31. The number of ether oxygens (including phenoxy) is 2. The summed E-state index contributed by atoms with van der Waals surface area (Å²) in [6.45, 7) is 0. The molecule has 6 nitrogen and oxygen atoms in total. The number of hydrogen-bond acceptors (Lipinski definition) is 6. The lowest BCUT2D eigenvalue weighted by atomic mass is 9.93. The molecule has 0 bridgehead atoms. The molecule has 0 fully saturated rings. The van der Waals surface area contributed by atoms with E-state index in [0.29, 0.717) is 22.6 Å². The first-order chi connectivity index (χ1) is 17.6. The first-order valence-corrected chi connectivity index (χ1v) is 11.5. The predicted octanol–water partition coefficient (Wildman–Crippen LogP) is 6.14. The maximum Gasteiger partial charge on any atom is 0.124 e. The Balaban J connectivity index is 1.86. The van der Waals surface area contributed by atoms with Crippen molar-refractivity contribution in [1.29, 1.82) is 0 Å². The number of methoxy groups -OCH3 is 2. The van der Waals surface area contributed by atoms with Gasteiger partial charge in [-0.1, -0.05) is 48.5 Å². The van der Waals surface area contributed by atoms with Crippen LogP contribution in [-0.4, -0.2) is 36.9 Å². The smallest absolute Gasteiger partial charge is 0.124 e. The third-order valence-electron chi connectivity index (χ3n) is 5.79. The molecule has 2 atom stereocenters. The van der Waals surface area contributed by atoms with Gasteiger partial charge in [-0.05, 0) is 59.7 Å². The topological polar surface area (TPSA) is 83.6 Å². The summed E-state index contributed by atoms with van der Waals surface area (Å²) in [5.74, 6) is 1.68. The first kappa shape index (κ1) is 24.5. The molecule has 182 valence electrons. The molecule has 2 unspecified atom stereocenters. The number of aromatic hydroxyl groups is 2. The van der Waals surface area contributed by atoms with Gasteiger partial charge in [-0.15, -0.1) is 0 Å². The minimum atomic E-state index is -0.478. The monoisotopic (exact) mass is 480 g/mol. The predicted molar refractivity (Wildman–Crippen MR) is 143 cm³/mol.